The van der Waals surface area contributed by atoms with Crippen molar-refractivity contribution in [3.63, 3.8) is 0 Å². The minimum Gasteiger partial charge on any atom is -0.322 e. The molecule has 2 amide bonds. The highest BCUT2D eigenvalue weighted by atomic mass is 35.5. The van der Waals surface area contributed by atoms with E-state index in [1.54, 1.807) is 42.5 Å². The average molecular weight is 371 g/mol. The van der Waals surface area contributed by atoms with E-state index in [1.165, 1.54) is 11.3 Å². The zero-order valence-corrected chi connectivity index (χ0v) is 14.9. The van der Waals surface area contributed by atoms with Crippen molar-refractivity contribution in [3.8, 4) is 0 Å². The quantitative estimate of drug-likeness (QED) is 0.661. The molecule has 3 aromatic rings. The van der Waals surface area contributed by atoms with E-state index in [1.807, 2.05) is 24.4 Å². The average Bonchev–Trinajstić information content (AvgIpc) is 3.12. The number of anilines is 2. The number of hydrogen-bond acceptors (Lipinski definition) is 3. The second-order valence-electron chi connectivity index (χ2n) is 5.43. The van der Waals surface area contributed by atoms with Crippen LogP contribution in [-0.2, 0) is 0 Å². The molecule has 0 saturated carbocycles. The van der Waals surface area contributed by atoms with Crippen LogP contribution in [0.15, 0.2) is 60.0 Å². The maximum Gasteiger partial charge on any atom is 0.265 e. The molecule has 4 nitrogen and oxygen atoms in total. The first-order chi connectivity index (χ1) is 12.0. The lowest BCUT2D eigenvalue weighted by molar-refractivity contribution is 0.102. The summed E-state index contributed by atoms with van der Waals surface area (Å²) in [7, 11) is 0. The Bertz CT molecular complexity index is 923. The number of aryl methyl sites for hydroxylation is 1. The van der Waals surface area contributed by atoms with Crippen LogP contribution in [0.4, 0.5) is 11.4 Å². The van der Waals surface area contributed by atoms with E-state index in [9.17, 15) is 9.59 Å². The van der Waals surface area contributed by atoms with Crippen LogP contribution in [0, 0.1) is 6.92 Å². The lowest BCUT2D eigenvalue weighted by atomic mass is 10.1. The second kappa shape index (κ2) is 7.51. The highest BCUT2D eigenvalue weighted by Crippen LogP contribution is 2.22. The van der Waals surface area contributed by atoms with Gasteiger partial charge in [0.1, 0.15) is 0 Å². The number of halogens is 1. The van der Waals surface area contributed by atoms with Crippen LogP contribution in [0.3, 0.4) is 0 Å². The molecule has 0 aliphatic heterocycles. The minimum atomic E-state index is -0.257. The topological polar surface area (TPSA) is 58.2 Å². The molecule has 1 aromatic heterocycles. The third-order valence-electron chi connectivity index (χ3n) is 3.58. The van der Waals surface area contributed by atoms with E-state index in [4.69, 9.17) is 11.6 Å². The molecule has 3 rings (SSSR count). The van der Waals surface area contributed by atoms with Gasteiger partial charge in [-0.2, -0.15) is 0 Å². The Hall–Kier alpha value is -2.63. The number of hydrogen-bond donors (Lipinski definition) is 2. The number of amides is 2. The summed E-state index contributed by atoms with van der Waals surface area (Å²) in [6.07, 6.45) is 0. The standard InChI is InChI=1S/C19H15ClN2O2S/c1-12-7-8-15(21-19(24)17-6-3-9-25-17)11-16(12)22-18(23)13-4-2-5-14(20)10-13/h2-11H,1H3,(H,21,24)(H,22,23). The van der Waals surface area contributed by atoms with Gasteiger partial charge in [-0.15, -0.1) is 11.3 Å². The fraction of sp³-hybridized carbons (Fsp3) is 0.0526. The Morgan fingerprint density at radius 3 is 2.52 bits per heavy atom. The maximum absolute atomic E-state index is 12.4. The van der Waals surface area contributed by atoms with E-state index in [0.717, 1.165) is 5.56 Å². The number of rotatable bonds is 4. The molecule has 0 fully saturated rings. The first-order valence-electron chi connectivity index (χ1n) is 7.55. The summed E-state index contributed by atoms with van der Waals surface area (Å²) in [5.74, 6) is -0.432. The van der Waals surface area contributed by atoms with Crippen molar-refractivity contribution in [2.24, 2.45) is 0 Å². The van der Waals surface area contributed by atoms with Gasteiger partial charge >= 0.3 is 0 Å². The van der Waals surface area contributed by atoms with Crippen LogP contribution in [-0.4, -0.2) is 11.8 Å². The Balaban J connectivity index is 1.77. The van der Waals surface area contributed by atoms with Crippen LogP contribution in [0.2, 0.25) is 5.02 Å². The third kappa shape index (κ3) is 4.26. The van der Waals surface area contributed by atoms with Crippen LogP contribution >= 0.6 is 22.9 Å². The molecule has 0 spiro atoms. The summed E-state index contributed by atoms with van der Waals surface area (Å²) in [5.41, 5.74) is 2.61. The minimum absolute atomic E-state index is 0.175. The third-order valence-corrected chi connectivity index (χ3v) is 4.68. The van der Waals surface area contributed by atoms with Crippen LogP contribution in [0.25, 0.3) is 0 Å². The Morgan fingerprint density at radius 2 is 1.80 bits per heavy atom. The highest BCUT2D eigenvalue weighted by molar-refractivity contribution is 7.12. The number of nitrogens with one attached hydrogen (secondary N) is 2. The monoisotopic (exact) mass is 370 g/mol. The Morgan fingerprint density at radius 1 is 0.960 bits per heavy atom. The molecule has 0 bridgehead atoms. The van der Waals surface area contributed by atoms with Gasteiger partial charge in [-0.3, -0.25) is 9.59 Å². The van der Waals surface area contributed by atoms with Crippen molar-refractivity contribution in [1.82, 2.24) is 0 Å². The molecular formula is C19H15ClN2O2S. The normalized spacial score (nSPS) is 10.3. The second-order valence-corrected chi connectivity index (χ2v) is 6.81. The van der Waals surface area contributed by atoms with Gasteiger partial charge in [-0.25, -0.2) is 0 Å². The van der Waals surface area contributed by atoms with Gasteiger partial charge < -0.3 is 10.6 Å². The molecule has 126 valence electrons. The fourth-order valence-electron chi connectivity index (χ4n) is 2.26. The smallest absolute Gasteiger partial charge is 0.265 e. The molecule has 0 saturated heterocycles. The SMILES string of the molecule is Cc1ccc(NC(=O)c2cccs2)cc1NC(=O)c1cccc(Cl)c1. The van der Waals surface area contributed by atoms with E-state index in [-0.39, 0.29) is 11.8 Å². The zero-order valence-electron chi connectivity index (χ0n) is 13.4. The Kier molecular flexibility index (Phi) is 5.16. The van der Waals surface area contributed by atoms with Gasteiger partial charge in [-0.05, 0) is 54.3 Å². The number of benzene rings is 2. The van der Waals surface area contributed by atoms with E-state index in [2.05, 4.69) is 10.6 Å². The van der Waals surface area contributed by atoms with E-state index in [0.29, 0.717) is 26.8 Å². The molecule has 0 unspecified atom stereocenters. The molecule has 6 heteroatoms. The molecule has 2 aromatic carbocycles. The summed E-state index contributed by atoms with van der Waals surface area (Å²) in [6, 6.07) is 15.7. The molecule has 2 N–H and O–H groups in total. The van der Waals surface area contributed by atoms with Crippen molar-refractivity contribution in [2.45, 2.75) is 6.92 Å². The van der Waals surface area contributed by atoms with Crippen molar-refractivity contribution < 1.29 is 9.59 Å². The van der Waals surface area contributed by atoms with E-state index < -0.39 is 0 Å². The van der Waals surface area contributed by atoms with Crippen molar-refractivity contribution in [2.75, 3.05) is 10.6 Å². The first kappa shape index (κ1) is 17.2. The van der Waals surface area contributed by atoms with Crippen molar-refractivity contribution >= 4 is 46.1 Å². The first-order valence-corrected chi connectivity index (χ1v) is 8.81. The summed E-state index contributed by atoms with van der Waals surface area (Å²) >= 11 is 7.30. The summed E-state index contributed by atoms with van der Waals surface area (Å²) < 4.78 is 0. The number of carbonyl (C=O) groups excluding carboxylic acids is 2. The zero-order chi connectivity index (χ0) is 17.8. The molecule has 0 aliphatic rings. The van der Waals surface area contributed by atoms with Crippen molar-refractivity contribution in [1.29, 1.82) is 0 Å². The van der Waals surface area contributed by atoms with Gasteiger partial charge in [-0.1, -0.05) is 29.8 Å². The number of carbonyl (C=O) groups is 2. The van der Waals surface area contributed by atoms with Gasteiger partial charge in [0.15, 0.2) is 0 Å². The lowest BCUT2D eigenvalue weighted by Gasteiger charge is -2.11. The summed E-state index contributed by atoms with van der Waals surface area (Å²) in [5, 5.41) is 8.04. The molecule has 0 atom stereocenters. The van der Waals surface area contributed by atoms with Crippen molar-refractivity contribution in [3.05, 3.63) is 81.0 Å². The van der Waals surface area contributed by atoms with Gasteiger partial charge in [0.05, 0.1) is 4.88 Å². The lowest BCUT2D eigenvalue weighted by Crippen LogP contribution is -2.14. The van der Waals surface area contributed by atoms with Gasteiger partial charge in [0.2, 0.25) is 0 Å². The van der Waals surface area contributed by atoms with Crippen LogP contribution in [0.1, 0.15) is 25.6 Å². The molecule has 1 heterocycles. The van der Waals surface area contributed by atoms with Gasteiger partial charge in [0.25, 0.3) is 11.8 Å². The molecule has 25 heavy (non-hydrogen) atoms. The molecule has 0 radical (unpaired) electrons. The maximum atomic E-state index is 12.4. The summed E-state index contributed by atoms with van der Waals surface area (Å²) in [6.45, 7) is 1.89. The largest absolute Gasteiger partial charge is 0.322 e. The van der Waals surface area contributed by atoms with E-state index >= 15 is 0 Å². The van der Waals surface area contributed by atoms with Gasteiger partial charge in [0, 0.05) is 22.0 Å². The highest BCUT2D eigenvalue weighted by Gasteiger charge is 2.11. The van der Waals surface area contributed by atoms with Crippen LogP contribution in [0.5, 0.6) is 0 Å². The molecule has 0 aliphatic carbocycles. The predicted molar refractivity (Wildman–Crippen MR) is 103 cm³/mol. The van der Waals surface area contributed by atoms with Crippen LogP contribution < -0.4 is 10.6 Å². The fourth-order valence-corrected chi connectivity index (χ4v) is 3.07. The molecular weight excluding hydrogens is 356 g/mol. The number of thiophene rings is 1. The Labute approximate surface area is 154 Å². The summed E-state index contributed by atoms with van der Waals surface area (Å²) in [4.78, 5) is 25.2. The predicted octanol–water partition coefficient (Wildman–Crippen LogP) is 5.21.